The molecule has 1 N–H and O–H groups in total. The van der Waals surface area contributed by atoms with E-state index in [0.717, 1.165) is 24.5 Å². The summed E-state index contributed by atoms with van der Waals surface area (Å²) in [6.07, 6.45) is 2.45. The highest BCUT2D eigenvalue weighted by Crippen LogP contribution is 2.37. The maximum Gasteiger partial charge on any atom is 0.416 e. The van der Waals surface area contributed by atoms with Gasteiger partial charge in [0.25, 0.3) is 0 Å². The molecule has 2 aliphatic rings. The lowest BCUT2D eigenvalue weighted by Crippen LogP contribution is -2.16. The number of hydrogen-bond acceptors (Lipinski definition) is 6. The van der Waals surface area contributed by atoms with E-state index < -0.39 is 52.1 Å². The van der Waals surface area contributed by atoms with E-state index in [2.05, 4.69) is 15.1 Å². The summed E-state index contributed by atoms with van der Waals surface area (Å²) in [5.74, 6) is -2.96. The quantitative estimate of drug-likeness (QED) is 0.378. The molecular weight excluding hydrogens is 484 g/mol. The number of rotatable bonds is 6. The number of carbonyl (C=O) groups is 2. The molecule has 12 heteroatoms. The van der Waals surface area contributed by atoms with E-state index in [-0.39, 0.29) is 24.8 Å². The van der Waals surface area contributed by atoms with Crippen molar-refractivity contribution in [2.24, 2.45) is 0 Å². The number of aromatic carboxylic acids is 1. The van der Waals surface area contributed by atoms with Gasteiger partial charge in [0.2, 0.25) is 0 Å². The van der Waals surface area contributed by atoms with Crippen LogP contribution in [0.4, 0.5) is 17.6 Å². The third-order valence-corrected chi connectivity index (χ3v) is 6.00. The minimum atomic E-state index is -4.79. The summed E-state index contributed by atoms with van der Waals surface area (Å²) in [4.78, 5) is 31.9. The Hall–Kier alpha value is -3.93. The Morgan fingerprint density at radius 2 is 2.00 bits per heavy atom. The summed E-state index contributed by atoms with van der Waals surface area (Å²) in [6, 6.07) is 2.09. The van der Waals surface area contributed by atoms with Crippen LogP contribution in [-0.4, -0.2) is 43.7 Å². The molecule has 0 bridgehead atoms. The summed E-state index contributed by atoms with van der Waals surface area (Å²) < 4.78 is 61.4. The zero-order valence-electron chi connectivity index (χ0n) is 18.5. The molecule has 1 aliphatic heterocycles. The maximum atomic E-state index is 14.8. The summed E-state index contributed by atoms with van der Waals surface area (Å²) in [5.41, 5.74) is -2.06. The minimum Gasteiger partial charge on any atom is -0.476 e. The largest absolute Gasteiger partial charge is 0.476 e. The monoisotopic (exact) mass is 502 g/mol. The second-order valence-corrected chi connectivity index (χ2v) is 8.49. The van der Waals surface area contributed by atoms with E-state index in [1.807, 2.05) is 10.9 Å². The number of aromatic nitrogens is 4. The van der Waals surface area contributed by atoms with Crippen molar-refractivity contribution >= 4 is 17.8 Å². The molecular formula is C24H18F4N4O4. The third kappa shape index (κ3) is 4.51. The van der Waals surface area contributed by atoms with E-state index in [4.69, 9.17) is 4.74 Å². The normalized spacial score (nSPS) is 18.1. The van der Waals surface area contributed by atoms with Gasteiger partial charge in [-0.3, -0.25) is 9.48 Å². The molecule has 0 saturated heterocycles. The Labute approximate surface area is 201 Å². The molecule has 3 aromatic rings. The maximum absolute atomic E-state index is 14.8. The summed E-state index contributed by atoms with van der Waals surface area (Å²) >= 11 is 0. The molecule has 0 amide bonds. The molecule has 1 aromatic carbocycles. The molecule has 3 heterocycles. The first kappa shape index (κ1) is 23.8. The van der Waals surface area contributed by atoms with Gasteiger partial charge in [0.1, 0.15) is 11.9 Å². The van der Waals surface area contributed by atoms with Crippen molar-refractivity contribution in [3.63, 3.8) is 0 Å². The molecule has 0 unspecified atom stereocenters. The number of hydrogen-bond donors (Lipinski definition) is 1. The second-order valence-electron chi connectivity index (χ2n) is 8.49. The van der Waals surface area contributed by atoms with Crippen LogP contribution in [0.15, 0.2) is 36.7 Å². The van der Waals surface area contributed by atoms with Crippen molar-refractivity contribution in [1.82, 2.24) is 19.7 Å². The molecule has 2 aromatic heterocycles. The van der Waals surface area contributed by atoms with Crippen molar-refractivity contribution in [2.75, 3.05) is 6.61 Å². The van der Waals surface area contributed by atoms with E-state index in [1.54, 1.807) is 12.3 Å². The van der Waals surface area contributed by atoms with Gasteiger partial charge in [0.05, 0.1) is 35.7 Å². The number of carboxylic acid groups (broad SMARTS) is 1. The van der Waals surface area contributed by atoms with Crippen LogP contribution >= 0.6 is 0 Å². The lowest BCUT2D eigenvalue weighted by atomic mass is 10.00. The van der Waals surface area contributed by atoms with Crippen LogP contribution in [0.3, 0.4) is 0 Å². The van der Waals surface area contributed by atoms with Crippen LogP contribution in [0.1, 0.15) is 69.2 Å². The van der Waals surface area contributed by atoms with Gasteiger partial charge in [-0.25, -0.2) is 19.2 Å². The molecule has 1 saturated carbocycles. The highest BCUT2D eigenvalue weighted by Gasteiger charge is 2.32. The highest BCUT2D eigenvalue weighted by atomic mass is 19.4. The van der Waals surface area contributed by atoms with Crippen molar-refractivity contribution in [3.8, 4) is 11.3 Å². The molecule has 186 valence electrons. The smallest absolute Gasteiger partial charge is 0.416 e. The Morgan fingerprint density at radius 1 is 1.22 bits per heavy atom. The average molecular weight is 502 g/mol. The van der Waals surface area contributed by atoms with Crippen LogP contribution in [-0.2, 0) is 10.9 Å². The molecule has 1 aliphatic carbocycles. The Balaban J connectivity index is 1.60. The third-order valence-electron chi connectivity index (χ3n) is 6.00. The zero-order chi connectivity index (χ0) is 25.6. The highest BCUT2D eigenvalue weighted by molar-refractivity contribution is 6.00. The van der Waals surface area contributed by atoms with Crippen molar-refractivity contribution in [1.29, 1.82) is 0 Å². The van der Waals surface area contributed by atoms with E-state index in [1.165, 1.54) is 0 Å². The van der Waals surface area contributed by atoms with Crippen LogP contribution in [0.2, 0.25) is 0 Å². The number of ether oxygens (including phenoxy) is 1. The van der Waals surface area contributed by atoms with Gasteiger partial charge in [0.15, 0.2) is 17.8 Å². The number of nitrogens with zero attached hydrogens (tertiary/aromatic N) is 4. The fourth-order valence-corrected chi connectivity index (χ4v) is 4.00. The Morgan fingerprint density at radius 3 is 2.64 bits per heavy atom. The fourth-order valence-electron chi connectivity index (χ4n) is 4.00. The van der Waals surface area contributed by atoms with Gasteiger partial charge in [-0.15, -0.1) is 0 Å². The zero-order valence-corrected chi connectivity index (χ0v) is 18.5. The standard InChI is InChI=1S/C24H18F4N4O4/c25-18-8-14(24(26,27)28)1-4-16(18)20-17(11-33)21(23(34)35)31-22(30-20)12-5-6-36-19(7-12)13-9-29-32(10-13)15-2-3-15/h1,4,7-11,15,19H,2-3,5-6H2,(H,34,35)/t19-/m1/s1. The topological polar surface area (TPSA) is 107 Å². The van der Waals surface area contributed by atoms with Gasteiger partial charge in [-0.2, -0.15) is 18.3 Å². The molecule has 0 spiro atoms. The summed E-state index contributed by atoms with van der Waals surface area (Å²) in [7, 11) is 0. The molecule has 5 rings (SSSR count). The number of carboxylic acids is 1. The predicted molar refractivity (Wildman–Crippen MR) is 117 cm³/mol. The van der Waals surface area contributed by atoms with Crippen molar-refractivity contribution < 1.29 is 37.0 Å². The first-order chi connectivity index (χ1) is 17.2. The van der Waals surface area contributed by atoms with Gasteiger partial charge in [-0.1, -0.05) is 0 Å². The van der Waals surface area contributed by atoms with Crippen LogP contribution in [0, 0.1) is 5.82 Å². The van der Waals surface area contributed by atoms with Gasteiger partial charge >= 0.3 is 12.1 Å². The predicted octanol–water partition coefficient (Wildman–Crippen LogP) is 4.89. The second kappa shape index (κ2) is 8.94. The lowest BCUT2D eigenvalue weighted by Gasteiger charge is -2.21. The number of carbonyl (C=O) groups excluding carboxylic acids is 1. The molecule has 0 radical (unpaired) electrons. The van der Waals surface area contributed by atoms with Gasteiger partial charge in [0, 0.05) is 17.3 Å². The number of benzene rings is 1. The van der Waals surface area contributed by atoms with Crippen LogP contribution < -0.4 is 0 Å². The summed E-state index contributed by atoms with van der Waals surface area (Å²) in [5, 5.41) is 14.0. The number of aldehydes is 1. The first-order valence-electron chi connectivity index (χ1n) is 11.0. The van der Waals surface area contributed by atoms with E-state index in [0.29, 0.717) is 24.1 Å². The van der Waals surface area contributed by atoms with Crippen molar-refractivity contribution in [3.05, 3.63) is 70.7 Å². The number of halogens is 4. The van der Waals surface area contributed by atoms with Gasteiger partial charge in [-0.05, 0) is 49.1 Å². The minimum absolute atomic E-state index is 0.0878. The number of alkyl halides is 3. The van der Waals surface area contributed by atoms with Crippen LogP contribution in [0.5, 0.6) is 0 Å². The molecule has 1 fully saturated rings. The van der Waals surface area contributed by atoms with E-state index >= 15 is 0 Å². The van der Waals surface area contributed by atoms with Crippen LogP contribution in [0.25, 0.3) is 16.8 Å². The molecule has 36 heavy (non-hydrogen) atoms. The van der Waals surface area contributed by atoms with Gasteiger partial charge < -0.3 is 9.84 Å². The molecule has 8 nitrogen and oxygen atoms in total. The molecule has 1 atom stereocenters. The first-order valence-corrected chi connectivity index (χ1v) is 11.0. The lowest BCUT2D eigenvalue weighted by molar-refractivity contribution is -0.137. The Kier molecular flexibility index (Phi) is 5.91. The Bertz CT molecular complexity index is 1400. The average Bonchev–Trinajstić information content (AvgIpc) is 3.58. The summed E-state index contributed by atoms with van der Waals surface area (Å²) in [6.45, 7) is 0.246. The fraction of sp³-hybridized carbons (Fsp3) is 0.292. The van der Waals surface area contributed by atoms with E-state index in [9.17, 15) is 32.3 Å². The van der Waals surface area contributed by atoms with Crippen molar-refractivity contribution in [2.45, 2.75) is 37.6 Å². The SMILES string of the molecule is O=Cc1c(C(=O)O)nc(C2=C[C@H](c3cnn(C4CC4)c3)OCC2)nc1-c1ccc(C(F)(F)F)cc1F.